The fourth-order valence-corrected chi connectivity index (χ4v) is 1.75. The van der Waals surface area contributed by atoms with E-state index >= 15 is 0 Å². The Hall–Kier alpha value is -1.66. The number of aryl methyl sites for hydroxylation is 1. The van der Waals surface area contributed by atoms with Crippen LogP contribution in [0.25, 0.3) is 11.4 Å². The van der Waals surface area contributed by atoms with Crippen LogP contribution in [-0.2, 0) is 10.0 Å². The highest BCUT2D eigenvalue weighted by Crippen LogP contribution is 2.17. The normalized spacial score (nSPS) is 11.6. The maximum atomic E-state index is 11.0. The molecule has 0 aliphatic rings. The third kappa shape index (κ3) is 2.12. The molecule has 3 N–H and O–H groups in total. The lowest BCUT2D eigenvalue weighted by molar-refractivity contribution is 0.595. The molecule has 0 bridgehead atoms. The molecular weight excluding hydrogens is 226 g/mol. The number of sulfonamides is 1. The lowest BCUT2D eigenvalue weighted by Crippen LogP contribution is -2.12. The molecular formula is C10H11N3O2S. The molecule has 0 spiro atoms. The van der Waals surface area contributed by atoms with Gasteiger partial charge in [0.05, 0.1) is 6.20 Å². The van der Waals surface area contributed by atoms with E-state index in [2.05, 4.69) is 9.97 Å². The summed E-state index contributed by atoms with van der Waals surface area (Å²) in [6, 6.07) is 7.57. The monoisotopic (exact) mass is 237 g/mol. The van der Waals surface area contributed by atoms with Gasteiger partial charge in [-0.2, -0.15) is 0 Å². The van der Waals surface area contributed by atoms with Crippen molar-refractivity contribution in [1.82, 2.24) is 9.97 Å². The molecule has 84 valence electrons. The van der Waals surface area contributed by atoms with Gasteiger partial charge in [0.2, 0.25) is 0 Å². The lowest BCUT2D eigenvalue weighted by atomic mass is 10.1. The zero-order valence-electron chi connectivity index (χ0n) is 8.64. The number of primary sulfonamides is 1. The Kier molecular flexibility index (Phi) is 2.53. The Morgan fingerprint density at radius 2 is 1.88 bits per heavy atom. The molecule has 0 saturated heterocycles. The SMILES string of the molecule is Cc1ccc(-c2ncc(S(N)(=O)=O)[nH]2)cc1. The van der Waals surface area contributed by atoms with E-state index < -0.39 is 10.0 Å². The maximum absolute atomic E-state index is 11.0. The van der Waals surface area contributed by atoms with Crippen LogP contribution in [0.3, 0.4) is 0 Å². The summed E-state index contributed by atoms with van der Waals surface area (Å²) in [4.78, 5) is 6.63. The van der Waals surface area contributed by atoms with Crippen molar-refractivity contribution in [3.05, 3.63) is 36.0 Å². The summed E-state index contributed by atoms with van der Waals surface area (Å²) in [6.07, 6.45) is 1.21. The van der Waals surface area contributed by atoms with Gasteiger partial charge in [-0.25, -0.2) is 18.5 Å². The number of aromatic amines is 1. The first-order chi connectivity index (χ1) is 7.47. The number of benzene rings is 1. The van der Waals surface area contributed by atoms with Crippen molar-refractivity contribution in [1.29, 1.82) is 0 Å². The van der Waals surface area contributed by atoms with Crippen molar-refractivity contribution in [2.24, 2.45) is 5.14 Å². The van der Waals surface area contributed by atoms with Gasteiger partial charge in [0.25, 0.3) is 10.0 Å². The lowest BCUT2D eigenvalue weighted by Gasteiger charge is -1.97. The minimum atomic E-state index is -3.72. The van der Waals surface area contributed by atoms with Gasteiger partial charge < -0.3 is 4.98 Å². The number of rotatable bonds is 2. The van der Waals surface area contributed by atoms with Crippen molar-refractivity contribution in [3.8, 4) is 11.4 Å². The molecule has 2 aromatic rings. The first kappa shape index (κ1) is 10.8. The summed E-state index contributed by atoms with van der Waals surface area (Å²) in [7, 11) is -3.72. The van der Waals surface area contributed by atoms with E-state index in [9.17, 15) is 8.42 Å². The topological polar surface area (TPSA) is 88.8 Å². The number of hydrogen-bond acceptors (Lipinski definition) is 3. The Morgan fingerprint density at radius 3 is 2.38 bits per heavy atom. The average molecular weight is 237 g/mol. The zero-order chi connectivity index (χ0) is 11.8. The molecule has 0 fully saturated rings. The molecule has 1 aromatic carbocycles. The maximum Gasteiger partial charge on any atom is 0.255 e. The molecule has 0 aliphatic heterocycles. The third-order valence-electron chi connectivity index (χ3n) is 2.18. The third-order valence-corrected chi connectivity index (χ3v) is 3.00. The molecule has 0 unspecified atom stereocenters. The fraction of sp³-hybridized carbons (Fsp3) is 0.100. The van der Waals surface area contributed by atoms with E-state index in [1.165, 1.54) is 6.20 Å². The predicted molar refractivity (Wildman–Crippen MR) is 60.1 cm³/mol. The summed E-state index contributed by atoms with van der Waals surface area (Å²) in [5.41, 5.74) is 1.95. The van der Waals surface area contributed by atoms with Crippen molar-refractivity contribution >= 4 is 10.0 Å². The molecule has 0 saturated carbocycles. The minimum absolute atomic E-state index is 0.0805. The number of nitrogens with one attached hydrogen (secondary N) is 1. The van der Waals surface area contributed by atoms with Crippen LogP contribution in [0.5, 0.6) is 0 Å². The smallest absolute Gasteiger partial charge is 0.255 e. The molecule has 5 nitrogen and oxygen atoms in total. The second-order valence-electron chi connectivity index (χ2n) is 3.51. The van der Waals surface area contributed by atoms with Crippen molar-refractivity contribution in [2.75, 3.05) is 0 Å². The van der Waals surface area contributed by atoms with Gasteiger partial charge in [0, 0.05) is 5.56 Å². The summed E-state index contributed by atoms with van der Waals surface area (Å²) >= 11 is 0. The second-order valence-corrected chi connectivity index (χ2v) is 5.04. The average Bonchev–Trinajstić information content (AvgIpc) is 2.67. The van der Waals surface area contributed by atoms with Crippen LogP contribution in [0.2, 0.25) is 0 Å². The summed E-state index contributed by atoms with van der Waals surface area (Å²) in [6.45, 7) is 1.97. The quantitative estimate of drug-likeness (QED) is 0.817. The molecule has 0 amide bonds. The summed E-state index contributed by atoms with van der Waals surface area (Å²) < 4.78 is 22.1. The molecule has 0 atom stereocenters. The summed E-state index contributed by atoms with van der Waals surface area (Å²) in [5.74, 6) is 0.490. The Labute approximate surface area is 93.4 Å². The highest BCUT2D eigenvalue weighted by Gasteiger charge is 2.12. The number of imidazole rings is 1. The highest BCUT2D eigenvalue weighted by molar-refractivity contribution is 7.89. The van der Waals surface area contributed by atoms with Gasteiger partial charge in [-0.3, -0.25) is 0 Å². The predicted octanol–water partition coefficient (Wildman–Crippen LogP) is 1.03. The van der Waals surface area contributed by atoms with E-state index in [-0.39, 0.29) is 5.03 Å². The van der Waals surface area contributed by atoms with Crippen LogP contribution in [-0.4, -0.2) is 18.4 Å². The van der Waals surface area contributed by atoms with Crippen LogP contribution in [0.1, 0.15) is 5.56 Å². The van der Waals surface area contributed by atoms with Crippen LogP contribution in [0, 0.1) is 6.92 Å². The van der Waals surface area contributed by atoms with Crippen LogP contribution in [0.4, 0.5) is 0 Å². The molecule has 2 rings (SSSR count). The van der Waals surface area contributed by atoms with Crippen molar-refractivity contribution in [3.63, 3.8) is 0 Å². The van der Waals surface area contributed by atoms with Crippen LogP contribution < -0.4 is 5.14 Å². The van der Waals surface area contributed by atoms with Gasteiger partial charge in [-0.15, -0.1) is 0 Å². The van der Waals surface area contributed by atoms with E-state index in [0.29, 0.717) is 5.82 Å². The first-order valence-corrected chi connectivity index (χ1v) is 6.16. The number of nitrogens with zero attached hydrogens (tertiary/aromatic N) is 1. The van der Waals surface area contributed by atoms with Gasteiger partial charge in [-0.1, -0.05) is 29.8 Å². The first-order valence-electron chi connectivity index (χ1n) is 4.62. The molecule has 1 heterocycles. The molecule has 1 aromatic heterocycles. The zero-order valence-corrected chi connectivity index (χ0v) is 9.45. The molecule has 0 radical (unpaired) electrons. The van der Waals surface area contributed by atoms with Gasteiger partial charge in [0.15, 0.2) is 5.03 Å². The van der Waals surface area contributed by atoms with Crippen LogP contribution in [0.15, 0.2) is 35.5 Å². The number of H-pyrrole nitrogens is 1. The van der Waals surface area contributed by atoms with E-state index in [1.807, 2.05) is 31.2 Å². The molecule has 0 aliphatic carbocycles. The summed E-state index contributed by atoms with van der Waals surface area (Å²) in [5, 5.41) is 4.89. The highest BCUT2D eigenvalue weighted by atomic mass is 32.2. The van der Waals surface area contributed by atoms with Gasteiger partial charge in [-0.05, 0) is 6.92 Å². The number of hydrogen-bond donors (Lipinski definition) is 2. The van der Waals surface area contributed by atoms with Crippen molar-refractivity contribution in [2.45, 2.75) is 11.9 Å². The Morgan fingerprint density at radius 1 is 1.25 bits per heavy atom. The van der Waals surface area contributed by atoms with Crippen molar-refractivity contribution < 1.29 is 8.42 Å². The minimum Gasteiger partial charge on any atom is -0.328 e. The van der Waals surface area contributed by atoms with Gasteiger partial charge in [0.1, 0.15) is 5.82 Å². The largest absolute Gasteiger partial charge is 0.328 e. The molecule has 6 heteroatoms. The van der Waals surface area contributed by atoms with E-state index in [1.54, 1.807) is 0 Å². The van der Waals surface area contributed by atoms with E-state index in [4.69, 9.17) is 5.14 Å². The Bertz CT molecular complexity index is 599. The standard InChI is InChI=1S/C10H11N3O2S/c1-7-2-4-8(5-3-7)10-12-6-9(13-10)16(11,14)15/h2-6H,1H3,(H,12,13)(H2,11,14,15). The number of aromatic nitrogens is 2. The van der Waals surface area contributed by atoms with E-state index in [0.717, 1.165) is 11.1 Å². The molecule has 16 heavy (non-hydrogen) atoms. The van der Waals surface area contributed by atoms with Crippen LogP contribution >= 0.6 is 0 Å². The Balaban J connectivity index is 2.43. The second kappa shape index (κ2) is 3.73. The fourth-order valence-electron chi connectivity index (χ4n) is 1.31. The van der Waals surface area contributed by atoms with Gasteiger partial charge >= 0.3 is 0 Å². The number of nitrogens with two attached hydrogens (primary N) is 1.